The summed E-state index contributed by atoms with van der Waals surface area (Å²) in [5, 5.41) is 18.7. The van der Waals surface area contributed by atoms with Crippen LogP contribution < -0.4 is 10.2 Å². The standard InChI is InChI=1S/C24H33N3OS.C4H4O4/c1-5-8-15-25-24(28)19-13-14-23-21(16-19)27(18(4)17-26(6-2)7-3)20-11-9-10-12-22(20)29-23;5-3(6)1-2-4(7)8/h9-14,16,18H,5-8,15,17H2,1-4H3,(H,25,28);1-2H,(H,5,6)(H,7,8). The predicted molar refractivity (Wildman–Crippen MR) is 148 cm³/mol. The Morgan fingerprint density at radius 1 is 0.973 bits per heavy atom. The van der Waals surface area contributed by atoms with Crippen molar-refractivity contribution in [1.82, 2.24) is 10.2 Å². The van der Waals surface area contributed by atoms with Crippen molar-refractivity contribution in [2.75, 3.05) is 31.1 Å². The molecule has 1 aliphatic heterocycles. The number of hydrogen-bond acceptors (Lipinski definition) is 6. The van der Waals surface area contributed by atoms with Crippen LogP contribution in [-0.2, 0) is 9.59 Å². The molecule has 0 bridgehead atoms. The number of para-hydroxylation sites is 1. The van der Waals surface area contributed by atoms with Crippen LogP contribution in [0, 0.1) is 0 Å². The molecule has 1 amide bonds. The molecule has 9 heteroatoms. The molecule has 2 aromatic rings. The normalized spacial score (nSPS) is 12.8. The summed E-state index contributed by atoms with van der Waals surface area (Å²) in [6.45, 7) is 12.6. The van der Waals surface area contributed by atoms with Gasteiger partial charge in [-0.15, -0.1) is 0 Å². The highest BCUT2D eigenvalue weighted by Crippen LogP contribution is 2.49. The molecule has 0 saturated heterocycles. The number of carboxylic acid groups (broad SMARTS) is 2. The smallest absolute Gasteiger partial charge is 0.328 e. The van der Waals surface area contributed by atoms with Gasteiger partial charge in [-0.05, 0) is 56.8 Å². The Hall–Kier alpha value is -3.30. The SMILES string of the molecule is CCCCNC(=O)c1ccc2c(c1)N(C(C)CN(CC)CC)c1ccccc1S2.O=C(O)C=CC(=O)O. The van der Waals surface area contributed by atoms with Gasteiger partial charge in [0.1, 0.15) is 0 Å². The van der Waals surface area contributed by atoms with Gasteiger partial charge in [0, 0.05) is 46.6 Å². The van der Waals surface area contributed by atoms with E-state index in [1.54, 1.807) is 11.8 Å². The van der Waals surface area contributed by atoms with Gasteiger partial charge in [0.15, 0.2) is 0 Å². The lowest BCUT2D eigenvalue weighted by atomic mass is 10.1. The van der Waals surface area contributed by atoms with Crippen molar-refractivity contribution in [2.45, 2.75) is 56.4 Å². The number of carbonyl (C=O) groups excluding carboxylic acids is 1. The Kier molecular flexibility index (Phi) is 12.2. The van der Waals surface area contributed by atoms with Gasteiger partial charge in [0.25, 0.3) is 5.91 Å². The minimum atomic E-state index is -1.26. The number of nitrogens with one attached hydrogen (secondary N) is 1. The first-order valence-electron chi connectivity index (χ1n) is 12.6. The maximum atomic E-state index is 12.7. The Morgan fingerprint density at radius 2 is 1.59 bits per heavy atom. The maximum Gasteiger partial charge on any atom is 0.328 e. The number of nitrogens with zero attached hydrogens (tertiary/aromatic N) is 2. The van der Waals surface area contributed by atoms with Crippen LogP contribution in [0.3, 0.4) is 0 Å². The van der Waals surface area contributed by atoms with E-state index in [0.29, 0.717) is 18.2 Å². The summed E-state index contributed by atoms with van der Waals surface area (Å²) in [6, 6.07) is 15.0. The van der Waals surface area contributed by atoms with Gasteiger partial charge in [0.2, 0.25) is 0 Å². The molecule has 37 heavy (non-hydrogen) atoms. The fourth-order valence-electron chi connectivity index (χ4n) is 3.96. The van der Waals surface area contributed by atoms with Crippen LogP contribution in [0.25, 0.3) is 0 Å². The number of aliphatic carboxylic acids is 2. The summed E-state index contributed by atoms with van der Waals surface area (Å²) < 4.78 is 0. The van der Waals surface area contributed by atoms with Crippen molar-refractivity contribution in [2.24, 2.45) is 0 Å². The summed E-state index contributed by atoms with van der Waals surface area (Å²) >= 11 is 1.79. The number of anilines is 2. The molecule has 0 saturated carbocycles. The van der Waals surface area contributed by atoms with Crippen molar-refractivity contribution in [3.63, 3.8) is 0 Å². The van der Waals surface area contributed by atoms with Gasteiger partial charge in [0.05, 0.1) is 11.4 Å². The summed E-state index contributed by atoms with van der Waals surface area (Å²) in [7, 11) is 0. The molecule has 200 valence electrons. The topological polar surface area (TPSA) is 110 Å². The van der Waals surface area contributed by atoms with Crippen LogP contribution >= 0.6 is 11.8 Å². The number of hydrogen-bond donors (Lipinski definition) is 3. The van der Waals surface area contributed by atoms with Gasteiger partial charge in [-0.2, -0.15) is 0 Å². The molecule has 1 aliphatic rings. The molecule has 0 radical (unpaired) electrons. The lowest BCUT2D eigenvalue weighted by molar-refractivity contribution is -0.134. The Balaban J connectivity index is 0.000000521. The monoisotopic (exact) mass is 527 g/mol. The molecular formula is C28H37N3O5S. The lowest BCUT2D eigenvalue weighted by Crippen LogP contribution is -2.41. The molecule has 3 rings (SSSR count). The van der Waals surface area contributed by atoms with Crippen LogP contribution in [0.4, 0.5) is 11.4 Å². The minimum Gasteiger partial charge on any atom is -0.478 e. The van der Waals surface area contributed by atoms with E-state index in [1.165, 1.54) is 15.5 Å². The number of benzene rings is 2. The Labute approximate surface area is 223 Å². The maximum absolute atomic E-state index is 12.7. The fraction of sp³-hybridized carbons (Fsp3) is 0.393. The summed E-state index contributed by atoms with van der Waals surface area (Å²) in [4.78, 5) is 39.1. The average Bonchev–Trinajstić information content (AvgIpc) is 2.89. The highest BCUT2D eigenvalue weighted by atomic mass is 32.2. The number of carboxylic acids is 2. The molecule has 1 unspecified atom stereocenters. The second kappa shape index (κ2) is 15.1. The zero-order valence-electron chi connectivity index (χ0n) is 21.9. The molecule has 3 N–H and O–H groups in total. The number of rotatable bonds is 11. The third-order valence-electron chi connectivity index (χ3n) is 5.87. The largest absolute Gasteiger partial charge is 0.478 e. The average molecular weight is 528 g/mol. The number of unbranched alkanes of at least 4 members (excludes halogenated alkanes) is 1. The quantitative estimate of drug-likeness (QED) is 0.268. The molecule has 8 nitrogen and oxygen atoms in total. The Morgan fingerprint density at radius 3 is 2.19 bits per heavy atom. The van der Waals surface area contributed by atoms with Crippen LogP contribution in [0.5, 0.6) is 0 Å². The molecular weight excluding hydrogens is 490 g/mol. The van der Waals surface area contributed by atoms with Gasteiger partial charge in [-0.1, -0.05) is 51.1 Å². The number of fused-ring (bicyclic) bond motifs is 2. The predicted octanol–water partition coefficient (Wildman–Crippen LogP) is 5.26. The minimum absolute atomic E-state index is 0.0152. The first kappa shape index (κ1) is 29.9. The van der Waals surface area contributed by atoms with Gasteiger partial charge < -0.3 is 25.3 Å². The molecule has 1 atom stereocenters. The highest BCUT2D eigenvalue weighted by molar-refractivity contribution is 7.99. The summed E-state index contributed by atoms with van der Waals surface area (Å²) in [5.41, 5.74) is 3.10. The number of likely N-dealkylation sites (N-methyl/N-ethyl adjacent to an activating group) is 1. The Bertz CT molecular complexity index is 1080. The second-order valence-electron chi connectivity index (χ2n) is 8.58. The molecule has 0 spiro atoms. The van der Waals surface area contributed by atoms with Gasteiger partial charge in [-0.25, -0.2) is 9.59 Å². The number of amides is 1. The molecule has 0 fully saturated rings. The zero-order valence-corrected chi connectivity index (χ0v) is 22.8. The third-order valence-corrected chi connectivity index (χ3v) is 7.00. The lowest BCUT2D eigenvalue weighted by Gasteiger charge is -2.39. The van der Waals surface area contributed by atoms with Crippen molar-refractivity contribution in [3.8, 4) is 0 Å². The van der Waals surface area contributed by atoms with Crippen molar-refractivity contribution >= 4 is 41.0 Å². The van der Waals surface area contributed by atoms with E-state index in [9.17, 15) is 14.4 Å². The van der Waals surface area contributed by atoms with E-state index in [-0.39, 0.29) is 5.91 Å². The van der Waals surface area contributed by atoms with Crippen molar-refractivity contribution in [3.05, 3.63) is 60.2 Å². The van der Waals surface area contributed by atoms with Crippen LogP contribution in [0.15, 0.2) is 64.4 Å². The van der Waals surface area contributed by atoms with E-state index in [4.69, 9.17) is 10.2 Å². The zero-order chi connectivity index (χ0) is 27.4. The van der Waals surface area contributed by atoms with E-state index in [1.807, 2.05) is 6.07 Å². The van der Waals surface area contributed by atoms with Gasteiger partial charge in [-0.3, -0.25) is 4.79 Å². The van der Waals surface area contributed by atoms with E-state index >= 15 is 0 Å². The third kappa shape index (κ3) is 8.94. The van der Waals surface area contributed by atoms with E-state index in [2.05, 4.69) is 79.2 Å². The summed E-state index contributed by atoms with van der Waals surface area (Å²) in [6.07, 6.45) is 3.20. The van der Waals surface area contributed by atoms with E-state index < -0.39 is 11.9 Å². The van der Waals surface area contributed by atoms with Crippen LogP contribution in [0.2, 0.25) is 0 Å². The van der Waals surface area contributed by atoms with Crippen molar-refractivity contribution < 1.29 is 24.6 Å². The fourth-order valence-corrected chi connectivity index (χ4v) is 5.01. The first-order chi connectivity index (χ1) is 17.7. The molecule has 2 aromatic carbocycles. The summed E-state index contributed by atoms with van der Waals surface area (Å²) in [5.74, 6) is -2.50. The second-order valence-corrected chi connectivity index (χ2v) is 9.66. The molecule has 0 aromatic heterocycles. The number of carbonyl (C=O) groups is 3. The van der Waals surface area contributed by atoms with E-state index in [0.717, 1.165) is 50.3 Å². The van der Waals surface area contributed by atoms with Crippen LogP contribution in [0.1, 0.15) is 50.9 Å². The first-order valence-corrected chi connectivity index (χ1v) is 13.4. The highest BCUT2D eigenvalue weighted by Gasteiger charge is 2.28. The van der Waals surface area contributed by atoms with Gasteiger partial charge >= 0.3 is 11.9 Å². The molecule has 0 aliphatic carbocycles. The van der Waals surface area contributed by atoms with Crippen molar-refractivity contribution in [1.29, 1.82) is 0 Å². The molecule has 1 heterocycles. The van der Waals surface area contributed by atoms with Crippen LogP contribution in [-0.4, -0.2) is 65.2 Å².